The molecule has 0 aliphatic rings. The van der Waals surface area contributed by atoms with Crippen LogP contribution >= 0.6 is 23.1 Å². The lowest BCUT2D eigenvalue weighted by atomic mass is 10.1. The smallest absolute Gasteiger partial charge is 0.272 e. The minimum Gasteiger partial charge on any atom is -0.493 e. The molecule has 46 heavy (non-hydrogen) atoms. The molecule has 0 saturated carbocycles. The minimum absolute atomic E-state index is 0.0464. The van der Waals surface area contributed by atoms with Crippen molar-refractivity contribution < 1.29 is 19.1 Å². The van der Waals surface area contributed by atoms with Crippen LogP contribution in [0, 0.1) is 0 Å². The van der Waals surface area contributed by atoms with Gasteiger partial charge in [-0.1, -0.05) is 72.8 Å². The van der Waals surface area contributed by atoms with Crippen molar-refractivity contribution in [2.75, 3.05) is 17.2 Å². The minimum atomic E-state index is -0.512. The van der Waals surface area contributed by atoms with Crippen LogP contribution in [0.1, 0.15) is 29.8 Å². The molecule has 5 aromatic rings. The van der Waals surface area contributed by atoms with E-state index in [4.69, 9.17) is 4.74 Å². The molecule has 10 heteroatoms. The molecule has 0 spiro atoms. The van der Waals surface area contributed by atoms with E-state index in [2.05, 4.69) is 20.9 Å². The van der Waals surface area contributed by atoms with Gasteiger partial charge in [0.25, 0.3) is 11.8 Å². The second kappa shape index (κ2) is 15.7. The van der Waals surface area contributed by atoms with Crippen LogP contribution in [0.5, 0.6) is 5.75 Å². The van der Waals surface area contributed by atoms with Crippen LogP contribution in [-0.2, 0) is 9.59 Å². The van der Waals surface area contributed by atoms with Gasteiger partial charge in [-0.05, 0) is 56.3 Å². The number of amides is 3. The third-order valence-electron chi connectivity index (χ3n) is 6.63. The molecule has 3 amide bonds. The van der Waals surface area contributed by atoms with Crippen LogP contribution in [0.4, 0.5) is 10.8 Å². The van der Waals surface area contributed by atoms with Gasteiger partial charge in [-0.15, -0.1) is 23.1 Å². The van der Waals surface area contributed by atoms with Gasteiger partial charge in [0.05, 0.1) is 17.6 Å². The molecule has 0 bridgehead atoms. The molecular formula is C36H32N4O4S2. The van der Waals surface area contributed by atoms with Crippen molar-refractivity contribution in [3.05, 3.63) is 131 Å². The number of benzene rings is 4. The van der Waals surface area contributed by atoms with Crippen LogP contribution in [0.2, 0.25) is 0 Å². The van der Waals surface area contributed by atoms with Crippen molar-refractivity contribution in [3.8, 4) is 17.0 Å². The van der Waals surface area contributed by atoms with E-state index in [1.54, 1.807) is 54.6 Å². The predicted octanol–water partition coefficient (Wildman–Crippen LogP) is 7.74. The van der Waals surface area contributed by atoms with E-state index < -0.39 is 17.1 Å². The largest absolute Gasteiger partial charge is 0.493 e. The first kappa shape index (κ1) is 32.2. The number of carbonyl (C=O) groups excluding carboxylic acids is 3. The van der Waals surface area contributed by atoms with E-state index in [1.807, 2.05) is 79.9 Å². The first-order valence-electron chi connectivity index (χ1n) is 14.6. The normalized spacial score (nSPS) is 11.7. The van der Waals surface area contributed by atoms with Gasteiger partial charge in [0.1, 0.15) is 11.4 Å². The molecule has 1 atom stereocenters. The lowest BCUT2D eigenvalue weighted by Crippen LogP contribution is -2.30. The molecule has 1 aromatic heterocycles. The van der Waals surface area contributed by atoms with Crippen molar-refractivity contribution in [2.45, 2.75) is 24.0 Å². The molecule has 0 radical (unpaired) electrons. The summed E-state index contributed by atoms with van der Waals surface area (Å²) in [6.45, 7) is 4.14. The Labute approximate surface area is 275 Å². The molecule has 0 fully saturated rings. The van der Waals surface area contributed by atoms with Gasteiger partial charge >= 0.3 is 0 Å². The van der Waals surface area contributed by atoms with Crippen molar-refractivity contribution in [1.29, 1.82) is 0 Å². The fourth-order valence-electron chi connectivity index (χ4n) is 4.37. The first-order chi connectivity index (χ1) is 22.4. The van der Waals surface area contributed by atoms with Gasteiger partial charge in [-0.2, -0.15) is 0 Å². The van der Waals surface area contributed by atoms with Crippen molar-refractivity contribution >= 4 is 57.7 Å². The van der Waals surface area contributed by atoms with Gasteiger partial charge in [0.15, 0.2) is 5.13 Å². The van der Waals surface area contributed by atoms with Crippen LogP contribution < -0.4 is 20.7 Å². The number of hydrogen-bond acceptors (Lipinski definition) is 7. The topological polar surface area (TPSA) is 109 Å². The van der Waals surface area contributed by atoms with E-state index in [0.717, 1.165) is 16.2 Å². The maximum Gasteiger partial charge on any atom is 0.272 e. The first-order valence-corrected chi connectivity index (χ1v) is 16.4. The molecule has 0 saturated heterocycles. The summed E-state index contributed by atoms with van der Waals surface area (Å²) in [6, 6.07) is 32.9. The van der Waals surface area contributed by atoms with Crippen molar-refractivity contribution in [2.24, 2.45) is 0 Å². The molecule has 0 aliphatic heterocycles. The SMILES string of the molecule is CCOc1ccccc1/C=C(/NC(=O)c1ccccc1)C(=O)Nc1cccc(SC(C)C(=O)Nc2nc(-c3ccccc3)cs2)c1. The maximum atomic E-state index is 13.6. The predicted molar refractivity (Wildman–Crippen MR) is 186 cm³/mol. The zero-order chi connectivity index (χ0) is 32.3. The Morgan fingerprint density at radius 1 is 0.891 bits per heavy atom. The highest BCUT2D eigenvalue weighted by Gasteiger charge is 2.19. The summed E-state index contributed by atoms with van der Waals surface area (Å²) in [5.41, 5.74) is 3.40. The zero-order valence-electron chi connectivity index (χ0n) is 25.2. The van der Waals surface area contributed by atoms with Crippen molar-refractivity contribution in [1.82, 2.24) is 10.3 Å². The Balaban J connectivity index is 1.28. The Morgan fingerprint density at radius 2 is 1.61 bits per heavy atom. The second-order valence-corrected chi connectivity index (χ2v) is 12.3. The fraction of sp³-hybridized carbons (Fsp3) is 0.111. The number of thioether (sulfide) groups is 1. The number of nitrogens with zero attached hydrogens (tertiary/aromatic N) is 1. The summed E-state index contributed by atoms with van der Waals surface area (Å²) in [5.74, 6) is -0.531. The summed E-state index contributed by atoms with van der Waals surface area (Å²) < 4.78 is 5.73. The lowest BCUT2D eigenvalue weighted by Gasteiger charge is -2.14. The average molecular weight is 649 g/mol. The number of thiazole rings is 1. The summed E-state index contributed by atoms with van der Waals surface area (Å²) in [4.78, 5) is 45.0. The highest BCUT2D eigenvalue weighted by molar-refractivity contribution is 8.00. The van der Waals surface area contributed by atoms with Gasteiger partial charge in [-0.3, -0.25) is 14.4 Å². The number of anilines is 2. The van der Waals surface area contributed by atoms with Gasteiger partial charge in [0.2, 0.25) is 5.91 Å². The van der Waals surface area contributed by atoms with E-state index in [-0.39, 0.29) is 11.6 Å². The highest BCUT2D eigenvalue weighted by Crippen LogP contribution is 2.29. The fourth-order valence-corrected chi connectivity index (χ4v) is 6.02. The van der Waals surface area contributed by atoms with Crippen LogP contribution in [0.3, 0.4) is 0 Å². The monoisotopic (exact) mass is 648 g/mol. The number of rotatable bonds is 12. The van der Waals surface area contributed by atoms with Crippen LogP contribution in [-0.4, -0.2) is 34.6 Å². The molecule has 5 rings (SSSR count). The number of ether oxygens (including phenoxy) is 1. The summed E-state index contributed by atoms with van der Waals surface area (Å²) >= 11 is 2.73. The Kier molecular flexibility index (Phi) is 11.0. The standard InChI is InChI=1S/C36H32N4O4S2/c1-3-44-32-20-11-10-17-27(32)21-30(38-34(42)26-15-8-5-9-16-26)35(43)37-28-18-12-19-29(22-28)46-24(2)33(41)40-36-39-31(23-45-36)25-13-6-4-7-14-25/h4-24H,3H2,1-2H3,(H,37,43)(H,38,42)(H,39,40,41)/b30-21+. The highest BCUT2D eigenvalue weighted by atomic mass is 32.2. The third kappa shape index (κ3) is 8.71. The lowest BCUT2D eigenvalue weighted by molar-refractivity contribution is -0.115. The van der Waals surface area contributed by atoms with Crippen LogP contribution in [0.25, 0.3) is 17.3 Å². The average Bonchev–Trinajstić information content (AvgIpc) is 3.54. The molecule has 4 aromatic carbocycles. The third-order valence-corrected chi connectivity index (χ3v) is 8.48. The van der Waals surface area contributed by atoms with Crippen molar-refractivity contribution in [3.63, 3.8) is 0 Å². The number of carbonyl (C=O) groups is 3. The molecule has 3 N–H and O–H groups in total. The quantitative estimate of drug-likeness (QED) is 0.0944. The van der Waals surface area contributed by atoms with E-state index in [1.165, 1.54) is 23.1 Å². The molecule has 232 valence electrons. The Morgan fingerprint density at radius 3 is 2.37 bits per heavy atom. The number of nitrogens with one attached hydrogen (secondary N) is 3. The summed E-state index contributed by atoms with van der Waals surface area (Å²) in [7, 11) is 0. The second-order valence-electron chi connectivity index (χ2n) is 9.98. The van der Waals surface area contributed by atoms with E-state index in [9.17, 15) is 14.4 Å². The maximum absolute atomic E-state index is 13.6. The van der Waals surface area contributed by atoms with Crippen LogP contribution in [0.15, 0.2) is 125 Å². The Bertz CT molecular complexity index is 1840. The van der Waals surface area contributed by atoms with E-state index in [0.29, 0.717) is 34.3 Å². The van der Waals surface area contributed by atoms with E-state index >= 15 is 0 Å². The molecule has 0 aliphatic carbocycles. The van der Waals surface area contributed by atoms with Gasteiger partial charge < -0.3 is 20.7 Å². The molecule has 8 nitrogen and oxygen atoms in total. The number of para-hydroxylation sites is 1. The summed E-state index contributed by atoms with van der Waals surface area (Å²) in [6.07, 6.45) is 1.59. The number of hydrogen-bond donors (Lipinski definition) is 3. The molecule has 1 unspecified atom stereocenters. The number of aromatic nitrogens is 1. The summed E-state index contributed by atoms with van der Waals surface area (Å²) in [5, 5.41) is 10.5. The molecular weight excluding hydrogens is 617 g/mol. The Hall–Kier alpha value is -5.19. The van der Waals surface area contributed by atoms with Gasteiger partial charge in [-0.25, -0.2) is 4.98 Å². The molecule has 1 heterocycles. The zero-order valence-corrected chi connectivity index (χ0v) is 26.9. The van der Waals surface area contributed by atoms with Gasteiger partial charge in [0, 0.05) is 32.7 Å².